The van der Waals surface area contributed by atoms with Gasteiger partial charge in [0.25, 0.3) is 5.91 Å². The predicted octanol–water partition coefficient (Wildman–Crippen LogP) is 2.55. The van der Waals surface area contributed by atoms with Gasteiger partial charge in [-0.1, -0.05) is 24.3 Å². The van der Waals surface area contributed by atoms with Gasteiger partial charge in [0.05, 0.1) is 23.2 Å². The number of likely N-dealkylation sites (N-methyl/N-ethyl adjacent to an activating group) is 1. The summed E-state index contributed by atoms with van der Waals surface area (Å²) in [5.74, 6) is -1.49. The number of anilines is 1. The average Bonchev–Trinajstić information content (AvgIpc) is 3.46. The van der Waals surface area contributed by atoms with Crippen LogP contribution in [0.15, 0.2) is 43.5 Å². The molecule has 35 heavy (non-hydrogen) atoms. The van der Waals surface area contributed by atoms with Crippen LogP contribution in [0, 0.1) is 25.7 Å². The van der Waals surface area contributed by atoms with Gasteiger partial charge in [0.1, 0.15) is 6.04 Å². The Balaban J connectivity index is 1.78. The molecule has 8 heteroatoms. The molecule has 1 spiro atoms. The van der Waals surface area contributed by atoms with Gasteiger partial charge in [-0.15, -0.1) is 24.9 Å². The molecule has 4 rings (SSSR count). The monoisotopic (exact) mass is 497 g/mol. The maximum absolute atomic E-state index is 14.3. The minimum absolute atomic E-state index is 0.00357. The maximum Gasteiger partial charge on any atom is 0.251 e. The number of aryl methyl sites for hydroxylation is 2. The van der Waals surface area contributed by atoms with Gasteiger partial charge < -0.3 is 19.8 Å². The number of nitrogens with zero attached hydrogens (tertiary/aromatic N) is 3. The number of likely N-dealkylation sites (tertiary alicyclic amines) is 1. The van der Waals surface area contributed by atoms with Crippen molar-refractivity contribution >= 4 is 35.2 Å². The first kappa shape index (κ1) is 25.5. The molecule has 3 aliphatic heterocycles. The van der Waals surface area contributed by atoms with Crippen LogP contribution in [0.5, 0.6) is 0 Å². The molecule has 1 aromatic carbocycles. The second kappa shape index (κ2) is 9.82. The molecular weight excluding hydrogens is 462 g/mol. The van der Waals surface area contributed by atoms with Gasteiger partial charge in [0.2, 0.25) is 11.8 Å². The zero-order valence-electron chi connectivity index (χ0n) is 20.8. The van der Waals surface area contributed by atoms with Crippen molar-refractivity contribution in [3.05, 3.63) is 54.6 Å². The van der Waals surface area contributed by atoms with Gasteiger partial charge in [-0.25, -0.2) is 0 Å². The summed E-state index contributed by atoms with van der Waals surface area (Å²) in [5.41, 5.74) is 2.78. The number of amides is 3. The third-order valence-electron chi connectivity index (χ3n) is 7.67. The number of thioether (sulfide) groups is 1. The molecular formula is C27H35N3O4S. The topological polar surface area (TPSA) is 81.2 Å². The highest BCUT2D eigenvalue weighted by molar-refractivity contribution is 8.02. The second-order valence-corrected chi connectivity index (χ2v) is 11.4. The number of hydrogen-bond acceptors (Lipinski definition) is 5. The Bertz CT molecular complexity index is 1060. The molecule has 0 saturated carbocycles. The van der Waals surface area contributed by atoms with Crippen molar-refractivity contribution in [2.24, 2.45) is 11.8 Å². The van der Waals surface area contributed by atoms with E-state index in [1.807, 2.05) is 32.0 Å². The van der Waals surface area contributed by atoms with E-state index >= 15 is 0 Å². The minimum atomic E-state index is -0.746. The van der Waals surface area contributed by atoms with Crippen molar-refractivity contribution in [2.45, 2.75) is 42.7 Å². The quantitative estimate of drug-likeness (QED) is 0.531. The molecule has 2 bridgehead atoms. The average molecular weight is 498 g/mol. The largest absolute Gasteiger partial charge is 0.395 e. The molecule has 5 atom stereocenters. The first-order chi connectivity index (χ1) is 16.7. The van der Waals surface area contributed by atoms with Crippen molar-refractivity contribution in [3.63, 3.8) is 0 Å². The molecule has 1 N–H and O–H groups in total. The third-order valence-corrected chi connectivity index (χ3v) is 9.62. The molecule has 3 heterocycles. The number of β-amino-alcohol motifs (C(OH)–C–C–N with tert-alkyl or cyclic N) is 1. The van der Waals surface area contributed by atoms with Crippen LogP contribution >= 0.6 is 11.8 Å². The van der Waals surface area contributed by atoms with E-state index in [4.69, 9.17) is 0 Å². The lowest BCUT2D eigenvalue weighted by Gasteiger charge is -2.37. The highest BCUT2D eigenvalue weighted by Crippen LogP contribution is 2.66. The molecule has 7 nitrogen and oxygen atoms in total. The van der Waals surface area contributed by atoms with Crippen molar-refractivity contribution in [3.8, 4) is 0 Å². The van der Waals surface area contributed by atoms with E-state index in [1.54, 1.807) is 40.8 Å². The summed E-state index contributed by atoms with van der Waals surface area (Å²) >= 11 is 1.64. The summed E-state index contributed by atoms with van der Waals surface area (Å²) in [6.07, 6.45) is 4.85. The number of aliphatic hydroxyl groups is 1. The van der Waals surface area contributed by atoms with Crippen LogP contribution in [0.25, 0.3) is 0 Å². The highest BCUT2D eigenvalue weighted by Gasteiger charge is 2.74. The Morgan fingerprint density at radius 1 is 1.23 bits per heavy atom. The number of hydrogen-bond donors (Lipinski definition) is 1. The molecule has 3 aliphatic rings. The molecule has 0 aromatic heterocycles. The maximum atomic E-state index is 14.3. The summed E-state index contributed by atoms with van der Waals surface area (Å²) in [4.78, 5) is 46.5. The fourth-order valence-electron chi connectivity index (χ4n) is 6.19. The summed E-state index contributed by atoms with van der Waals surface area (Å²) < 4.78 is -0.680. The SMILES string of the molecule is C=CCN(C)C(=O)[C@@H]1[C@@H]2CCC3(S2)C(C(=O)N(CC=C)c2cc(C)ccc2C)N(CCO)C(=O)[C@H]13. The summed E-state index contributed by atoms with van der Waals surface area (Å²) in [6.45, 7) is 12.1. The van der Waals surface area contributed by atoms with Gasteiger partial charge in [0, 0.05) is 37.6 Å². The number of rotatable bonds is 9. The third kappa shape index (κ3) is 4.00. The summed E-state index contributed by atoms with van der Waals surface area (Å²) in [6, 6.07) is 5.23. The van der Waals surface area contributed by atoms with Crippen LogP contribution in [0.4, 0.5) is 5.69 Å². The van der Waals surface area contributed by atoms with E-state index in [1.165, 1.54) is 4.90 Å². The summed E-state index contributed by atoms with van der Waals surface area (Å²) in [7, 11) is 1.73. The van der Waals surface area contributed by atoms with Gasteiger partial charge in [0.15, 0.2) is 0 Å². The van der Waals surface area contributed by atoms with Crippen LogP contribution in [0.1, 0.15) is 24.0 Å². The van der Waals surface area contributed by atoms with E-state index in [0.717, 1.165) is 23.2 Å². The molecule has 188 valence electrons. The van der Waals surface area contributed by atoms with Crippen molar-refractivity contribution in [2.75, 3.05) is 38.2 Å². The Morgan fingerprint density at radius 3 is 2.60 bits per heavy atom. The van der Waals surface area contributed by atoms with Crippen LogP contribution in [0.2, 0.25) is 0 Å². The van der Waals surface area contributed by atoms with E-state index in [-0.39, 0.29) is 36.1 Å². The molecule has 0 aliphatic carbocycles. The summed E-state index contributed by atoms with van der Waals surface area (Å²) in [5, 5.41) is 9.82. The smallest absolute Gasteiger partial charge is 0.251 e. The molecule has 3 saturated heterocycles. The predicted molar refractivity (Wildman–Crippen MR) is 139 cm³/mol. The molecule has 0 radical (unpaired) electrons. The van der Waals surface area contributed by atoms with Crippen LogP contribution in [-0.4, -0.2) is 82.0 Å². The number of fused-ring (bicyclic) bond motifs is 1. The van der Waals surface area contributed by atoms with Gasteiger partial charge in [-0.2, -0.15) is 0 Å². The van der Waals surface area contributed by atoms with Crippen LogP contribution in [-0.2, 0) is 14.4 Å². The van der Waals surface area contributed by atoms with Crippen molar-refractivity contribution in [1.29, 1.82) is 0 Å². The normalized spacial score (nSPS) is 28.7. The second-order valence-electron chi connectivity index (χ2n) is 9.85. The highest BCUT2D eigenvalue weighted by atomic mass is 32.2. The Kier molecular flexibility index (Phi) is 7.16. The lowest BCUT2D eigenvalue weighted by molar-refractivity contribution is -0.143. The van der Waals surface area contributed by atoms with E-state index in [0.29, 0.717) is 19.5 Å². The number of aliphatic hydroxyl groups excluding tert-OH is 1. The standard InChI is InChI=1S/C27H35N3O4S/c1-6-12-28(5)24(32)21-20-10-11-27(35-20)22(21)25(33)30(14-15-31)23(27)26(34)29(13-7-2)19-16-17(3)8-9-18(19)4/h6-9,16,20-23,31H,1-2,10-15H2,3-5H3/t20-,21+,22-,23?,27?/m0/s1. The molecule has 3 amide bonds. The lowest BCUT2D eigenvalue weighted by Crippen LogP contribution is -2.55. The van der Waals surface area contributed by atoms with Crippen molar-refractivity contribution < 1.29 is 19.5 Å². The van der Waals surface area contributed by atoms with E-state index < -0.39 is 22.6 Å². The Hall–Kier alpha value is -2.58. The number of carbonyl (C=O) groups excluding carboxylic acids is 3. The van der Waals surface area contributed by atoms with Crippen LogP contribution in [0.3, 0.4) is 0 Å². The first-order valence-electron chi connectivity index (χ1n) is 12.2. The molecule has 2 unspecified atom stereocenters. The number of benzene rings is 1. The van der Waals surface area contributed by atoms with Crippen LogP contribution < -0.4 is 4.90 Å². The minimum Gasteiger partial charge on any atom is -0.395 e. The fraction of sp³-hybridized carbons (Fsp3) is 0.519. The number of carbonyl (C=O) groups is 3. The zero-order chi connectivity index (χ0) is 25.5. The van der Waals surface area contributed by atoms with E-state index in [2.05, 4.69) is 13.2 Å². The molecule has 1 aromatic rings. The Labute approximate surface area is 211 Å². The Morgan fingerprint density at radius 2 is 1.94 bits per heavy atom. The van der Waals surface area contributed by atoms with E-state index in [9.17, 15) is 19.5 Å². The fourth-order valence-corrected chi connectivity index (χ4v) is 8.40. The van der Waals surface area contributed by atoms with Gasteiger partial charge in [-0.05, 0) is 43.9 Å². The zero-order valence-corrected chi connectivity index (χ0v) is 21.6. The van der Waals surface area contributed by atoms with Gasteiger partial charge >= 0.3 is 0 Å². The first-order valence-corrected chi connectivity index (χ1v) is 13.0. The lowest BCUT2D eigenvalue weighted by atomic mass is 9.70. The molecule has 3 fully saturated rings. The van der Waals surface area contributed by atoms with Crippen molar-refractivity contribution in [1.82, 2.24) is 9.80 Å². The van der Waals surface area contributed by atoms with Gasteiger partial charge in [-0.3, -0.25) is 14.4 Å².